The van der Waals surface area contributed by atoms with Crippen molar-refractivity contribution in [3.05, 3.63) is 89.2 Å². The van der Waals surface area contributed by atoms with E-state index in [2.05, 4.69) is 31.9 Å². The number of halogens is 1. The fourth-order valence-corrected chi connectivity index (χ4v) is 4.61. The maximum Gasteiger partial charge on any atom is 0.319 e. The number of piperidine rings is 1. The number of hydrogen-bond acceptors (Lipinski definition) is 5. The van der Waals surface area contributed by atoms with Gasteiger partial charge < -0.3 is 20.9 Å². The number of benzene rings is 2. The number of anilines is 2. The molecule has 1 aromatic heterocycles. The van der Waals surface area contributed by atoms with Gasteiger partial charge in [0, 0.05) is 54.8 Å². The monoisotopic (exact) mass is 516 g/mol. The number of nitrogens with zero attached hydrogens (tertiary/aromatic N) is 3. The third-order valence-corrected chi connectivity index (χ3v) is 6.64. The van der Waals surface area contributed by atoms with Gasteiger partial charge in [-0.2, -0.15) is 5.26 Å². The average Bonchev–Trinajstić information content (AvgIpc) is 2.92. The van der Waals surface area contributed by atoms with Crippen LogP contribution in [0.4, 0.5) is 16.2 Å². The highest BCUT2D eigenvalue weighted by Crippen LogP contribution is 2.22. The standard InChI is InChI=1S/C28H29ClN6O2/c29-23-5-2-6-24(17-23)33-28(37)34-26(16-21-3-1-4-22(15-21)18-30)27(36)32-19-20-9-13-35(14-10-20)25-7-11-31-12-8-25/h1-8,11-12,15,17,20,26H,9-10,13-14,16,19H2,(H,32,36)(H2,33,34,37). The number of amides is 3. The first kappa shape index (κ1) is 26.0. The molecular formula is C28H29ClN6O2. The fourth-order valence-electron chi connectivity index (χ4n) is 4.42. The lowest BCUT2D eigenvalue weighted by atomic mass is 9.96. The second kappa shape index (κ2) is 12.7. The maximum atomic E-state index is 13.2. The van der Waals surface area contributed by atoms with Gasteiger partial charge in [-0.15, -0.1) is 0 Å². The van der Waals surface area contributed by atoms with Gasteiger partial charge in [-0.3, -0.25) is 9.78 Å². The van der Waals surface area contributed by atoms with Gasteiger partial charge in [0.1, 0.15) is 6.04 Å². The van der Waals surface area contributed by atoms with Crippen LogP contribution in [0.2, 0.25) is 5.02 Å². The highest BCUT2D eigenvalue weighted by molar-refractivity contribution is 6.30. The van der Waals surface area contributed by atoms with Gasteiger partial charge in [-0.25, -0.2) is 4.79 Å². The second-order valence-corrected chi connectivity index (χ2v) is 9.50. The molecule has 0 aliphatic carbocycles. The van der Waals surface area contributed by atoms with Crippen molar-refractivity contribution in [3.8, 4) is 6.07 Å². The Hall–Kier alpha value is -4.09. The van der Waals surface area contributed by atoms with E-state index in [9.17, 15) is 14.9 Å². The molecule has 2 heterocycles. The molecule has 9 heteroatoms. The molecule has 1 aliphatic rings. The Morgan fingerprint density at radius 1 is 1.08 bits per heavy atom. The first-order valence-corrected chi connectivity index (χ1v) is 12.6. The molecule has 8 nitrogen and oxygen atoms in total. The predicted molar refractivity (Wildman–Crippen MR) is 144 cm³/mol. The minimum absolute atomic E-state index is 0.255. The summed E-state index contributed by atoms with van der Waals surface area (Å²) in [6.45, 7) is 2.36. The molecule has 0 bridgehead atoms. The molecule has 1 unspecified atom stereocenters. The van der Waals surface area contributed by atoms with Crippen LogP contribution in [-0.4, -0.2) is 42.6 Å². The first-order valence-electron chi connectivity index (χ1n) is 12.2. The zero-order valence-corrected chi connectivity index (χ0v) is 21.1. The summed E-state index contributed by atoms with van der Waals surface area (Å²) in [6.07, 6.45) is 5.76. The van der Waals surface area contributed by atoms with Gasteiger partial charge in [-0.1, -0.05) is 29.8 Å². The Labute approximate surface area is 221 Å². The molecule has 0 saturated carbocycles. The third kappa shape index (κ3) is 7.69. The summed E-state index contributed by atoms with van der Waals surface area (Å²) in [4.78, 5) is 32.3. The Morgan fingerprint density at radius 2 is 1.84 bits per heavy atom. The highest BCUT2D eigenvalue weighted by atomic mass is 35.5. The number of urea groups is 1. The molecule has 190 valence electrons. The second-order valence-electron chi connectivity index (χ2n) is 9.06. The van der Waals surface area contributed by atoms with Crippen molar-refractivity contribution in [1.29, 1.82) is 5.26 Å². The Morgan fingerprint density at radius 3 is 2.57 bits per heavy atom. The molecule has 3 N–H and O–H groups in total. The van der Waals surface area contributed by atoms with E-state index in [1.165, 1.54) is 0 Å². The van der Waals surface area contributed by atoms with Crippen LogP contribution in [0.15, 0.2) is 73.1 Å². The van der Waals surface area contributed by atoms with Crippen molar-refractivity contribution < 1.29 is 9.59 Å². The third-order valence-electron chi connectivity index (χ3n) is 6.41. The van der Waals surface area contributed by atoms with Crippen molar-refractivity contribution in [2.45, 2.75) is 25.3 Å². The van der Waals surface area contributed by atoms with E-state index in [0.717, 1.165) is 37.2 Å². The van der Waals surface area contributed by atoms with E-state index in [4.69, 9.17) is 11.6 Å². The molecule has 2 aromatic carbocycles. The van der Waals surface area contributed by atoms with Gasteiger partial charge in [0.05, 0.1) is 11.6 Å². The lowest BCUT2D eigenvalue weighted by molar-refractivity contribution is -0.123. The number of pyridine rings is 1. The van der Waals surface area contributed by atoms with Gasteiger partial charge in [-0.05, 0) is 66.8 Å². The molecule has 4 rings (SSSR count). The molecular weight excluding hydrogens is 488 g/mol. The Bertz CT molecular complexity index is 1250. The van der Waals surface area contributed by atoms with Crippen molar-refractivity contribution in [3.63, 3.8) is 0 Å². The quantitative estimate of drug-likeness (QED) is 0.412. The molecule has 1 fully saturated rings. The van der Waals surface area contributed by atoms with Crippen molar-refractivity contribution in [1.82, 2.24) is 15.6 Å². The van der Waals surface area contributed by atoms with Gasteiger partial charge in [0.25, 0.3) is 0 Å². The van der Waals surface area contributed by atoms with E-state index >= 15 is 0 Å². The van der Waals surface area contributed by atoms with Crippen LogP contribution in [0.25, 0.3) is 0 Å². The topological polar surface area (TPSA) is 110 Å². The number of carbonyl (C=O) groups is 2. The number of carbonyl (C=O) groups excluding carboxylic acids is 2. The minimum Gasteiger partial charge on any atom is -0.371 e. The largest absolute Gasteiger partial charge is 0.371 e. The zero-order chi connectivity index (χ0) is 26.0. The molecule has 3 amide bonds. The van der Waals surface area contributed by atoms with Crippen LogP contribution in [0.5, 0.6) is 0 Å². The molecule has 1 saturated heterocycles. The smallest absolute Gasteiger partial charge is 0.319 e. The summed E-state index contributed by atoms with van der Waals surface area (Å²) in [7, 11) is 0. The van der Waals surface area contributed by atoms with E-state index in [-0.39, 0.29) is 12.3 Å². The number of aromatic nitrogens is 1. The van der Waals surface area contributed by atoms with Crippen LogP contribution in [0.1, 0.15) is 24.0 Å². The van der Waals surface area contributed by atoms with Crippen LogP contribution in [0, 0.1) is 17.2 Å². The molecule has 0 radical (unpaired) electrons. The molecule has 3 aromatic rings. The number of nitriles is 1. The van der Waals surface area contributed by atoms with E-state index in [1.807, 2.05) is 18.2 Å². The lowest BCUT2D eigenvalue weighted by Gasteiger charge is -2.33. The lowest BCUT2D eigenvalue weighted by Crippen LogP contribution is -2.50. The molecule has 37 heavy (non-hydrogen) atoms. The first-order chi connectivity index (χ1) is 18.0. The normalized spacial score (nSPS) is 14.3. The van der Waals surface area contributed by atoms with Crippen molar-refractivity contribution in [2.75, 3.05) is 29.9 Å². The number of rotatable bonds is 8. The maximum absolute atomic E-state index is 13.2. The van der Waals surface area contributed by atoms with Crippen LogP contribution < -0.4 is 20.9 Å². The van der Waals surface area contributed by atoms with Crippen LogP contribution in [0.3, 0.4) is 0 Å². The van der Waals surface area contributed by atoms with Crippen LogP contribution >= 0.6 is 11.6 Å². The fraction of sp³-hybridized carbons (Fsp3) is 0.286. The van der Waals surface area contributed by atoms with Gasteiger partial charge in [0.2, 0.25) is 5.91 Å². The van der Waals surface area contributed by atoms with Gasteiger partial charge >= 0.3 is 6.03 Å². The summed E-state index contributed by atoms with van der Waals surface area (Å²) in [5.41, 5.74) is 2.97. The van der Waals surface area contributed by atoms with Crippen molar-refractivity contribution >= 4 is 34.9 Å². The Balaban J connectivity index is 1.36. The summed E-state index contributed by atoms with van der Waals surface area (Å²) in [6, 6.07) is 18.6. The van der Waals surface area contributed by atoms with Crippen LogP contribution in [-0.2, 0) is 11.2 Å². The van der Waals surface area contributed by atoms with Crippen molar-refractivity contribution in [2.24, 2.45) is 5.92 Å². The minimum atomic E-state index is -0.815. The number of nitrogens with one attached hydrogen (secondary N) is 3. The van der Waals surface area contributed by atoms with E-state index in [1.54, 1.807) is 54.9 Å². The van der Waals surface area contributed by atoms with Gasteiger partial charge in [0.15, 0.2) is 0 Å². The zero-order valence-electron chi connectivity index (χ0n) is 20.4. The van der Waals surface area contributed by atoms with E-state index < -0.39 is 12.1 Å². The summed E-state index contributed by atoms with van der Waals surface area (Å²) >= 11 is 6.01. The molecule has 1 atom stereocenters. The number of hydrogen-bond donors (Lipinski definition) is 3. The summed E-state index contributed by atoms with van der Waals surface area (Å²) in [5.74, 6) is 0.0880. The highest BCUT2D eigenvalue weighted by Gasteiger charge is 2.24. The molecule has 1 aliphatic heterocycles. The molecule has 0 spiro atoms. The summed E-state index contributed by atoms with van der Waals surface area (Å²) in [5, 5.41) is 18.3. The van der Waals surface area contributed by atoms with E-state index in [0.29, 0.717) is 28.7 Å². The summed E-state index contributed by atoms with van der Waals surface area (Å²) < 4.78 is 0. The Kier molecular flexibility index (Phi) is 8.95. The predicted octanol–water partition coefficient (Wildman–Crippen LogP) is 4.37. The SMILES string of the molecule is N#Cc1cccc(CC(NC(=O)Nc2cccc(Cl)c2)C(=O)NCC2CCN(c3ccncc3)CC2)c1. The average molecular weight is 517 g/mol.